The number of hydrogen-bond donors (Lipinski definition) is 1. The van der Waals surface area contributed by atoms with Crippen LogP contribution >= 0.6 is 23.2 Å². The van der Waals surface area contributed by atoms with Gasteiger partial charge < -0.3 is 9.47 Å². The Morgan fingerprint density at radius 2 is 1.48 bits per heavy atom. The Morgan fingerprint density at radius 3 is 2.06 bits per heavy atom. The van der Waals surface area contributed by atoms with Gasteiger partial charge in [0.1, 0.15) is 11.5 Å². The third-order valence-electron chi connectivity index (χ3n) is 4.91. The molecule has 1 aliphatic heterocycles. The Hall–Kier alpha value is -2.55. The fourth-order valence-corrected chi connectivity index (χ4v) is 3.71. The van der Waals surface area contributed by atoms with Crippen LogP contribution in [0.5, 0.6) is 5.75 Å². The molecule has 33 heavy (non-hydrogen) atoms. The summed E-state index contributed by atoms with van der Waals surface area (Å²) in [6.07, 6.45) is 5.91. The Bertz CT molecular complexity index is 1140. The molecule has 1 unspecified atom stereocenters. The van der Waals surface area contributed by atoms with Crippen LogP contribution in [-0.4, -0.2) is 11.8 Å². The molecule has 6 nitrogen and oxygen atoms in total. The molecule has 0 amide bonds. The van der Waals surface area contributed by atoms with Gasteiger partial charge in [0, 0.05) is 5.56 Å². The number of ether oxygens (including phenoxy) is 2. The minimum Gasteiger partial charge on any atom is -0.497 e. The Labute approximate surface area is 203 Å². The van der Waals surface area contributed by atoms with E-state index in [1.165, 1.54) is 0 Å². The lowest BCUT2D eigenvalue weighted by Gasteiger charge is -2.32. The molecule has 0 radical (unpaired) electrons. The Morgan fingerprint density at radius 1 is 0.879 bits per heavy atom. The SMILES string of the molecule is COc1ccc(C2(c3ccccc3)C=COC(c3ccc(Cl)c(Cl)c3)=C2)cc1.[O-][Cl+3]([O-])([O-])O. The number of benzene rings is 3. The molecule has 172 valence electrons. The molecule has 9 heteroatoms. The van der Waals surface area contributed by atoms with Crippen LogP contribution in [0.1, 0.15) is 16.7 Å². The maximum atomic E-state index is 8.60. The van der Waals surface area contributed by atoms with Gasteiger partial charge in [0.05, 0.1) is 43.7 Å². The summed E-state index contributed by atoms with van der Waals surface area (Å²) in [4.78, 5) is 0. The van der Waals surface area contributed by atoms with E-state index in [4.69, 9.17) is 51.3 Å². The van der Waals surface area contributed by atoms with E-state index in [0.717, 1.165) is 28.2 Å². The van der Waals surface area contributed by atoms with Gasteiger partial charge in [-0.25, -0.2) is 0 Å². The smallest absolute Gasteiger partial charge is 0.131 e. The monoisotopic (exact) mass is 508 g/mol. The molecule has 3 aromatic rings. The second-order valence-corrected chi connectivity index (χ2v) is 8.52. The summed E-state index contributed by atoms with van der Waals surface area (Å²) in [6.45, 7) is 0. The Kier molecular flexibility index (Phi) is 8.05. The van der Waals surface area contributed by atoms with Gasteiger partial charge in [-0.05, 0) is 53.6 Å². The quantitative estimate of drug-likeness (QED) is 0.579. The molecule has 1 atom stereocenters. The summed E-state index contributed by atoms with van der Waals surface area (Å²) < 4.78 is 43.9. The van der Waals surface area contributed by atoms with Crippen LogP contribution in [0.4, 0.5) is 0 Å². The molecular weight excluding hydrogens is 491 g/mol. The maximum Gasteiger partial charge on any atom is 0.131 e. The summed E-state index contributed by atoms with van der Waals surface area (Å²) in [5, 5.41) is 1.01. The van der Waals surface area contributed by atoms with Gasteiger partial charge in [0.15, 0.2) is 0 Å². The van der Waals surface area contributed by atoms with Crippen molar-refractivity contribution >= 4 is 29.0 Å². The predicted molar refractivity (Wildman–Crippen MR) is 117 cm³/mol. The predicted octanol–water partition coefficient (Wildman–Crippen LogP) is 2.75. The highest BCUT2D eigenvalue weighted by atomic mass is 35.7. The van der Waals surface area contributed by atoms with Gasteiger partial charge >= 0.3 is 0 Å². The molecule has 0 aliphatic carbocycles. The molecule has 0 spiro atoms. The third-order valence-corrected chi connectivity index (χ3v) is 5.65. The van der Waals surface area contributed by atoms with Gasteiger partial charge in [-0.2, -0.15) is 14.0 Å². The van der Waals surface area contributed by atoms with Gasteiger partial charge in [-0.3, -0.25) is 0 Å². The van der Waals surface area contributed by atoms with Crippen molar-refractivity contribution in [2.75, 3.05) is 7.11 Å². The first kappa shape index (κ1) is 25.1. The number of hydrogen-bond acceptors (Lipinski definition) is 6. The Balaban J connectivity index is 0.000000555. The molecule has 0 bridgehead atoms. The maximum absolute atomic E-state index is 8.60. The first-order chi connectivity index (χ1) is 15.6. The standard InChI is InChI=1S/C24H18Cl2O2.ClHO4/c1-27-20-10-8-19(9-11-20)24(18-5-3-2-4-6-18)13-14-28-23(16-24)17-7-12-21(25)22(26)15-17;2-1(3,4)5/h2-16H,1H3;(H,2,3,4,5). The topological polar surface area (TPSA) is 108 Å². The van der Waals surface area contributed by atoms with E-state index in [-0.39, 0.29) is 0 Å². The number of methoxy groups -OCH3 is 1. The van der Waals surface area contributed by atoms with Gasteiger partial charge in [0.2, 0.25) is 0 Å². The minimum absolute atomic E-state index is 0.479. The van der Waals surface area contributed by atoms with Crippen molar-refractivity contribution in [2.45, 2.75) is 5.41 Å². The summed E-state index contributed by atoms with van der Waals surface area (Å²) in [6, 6.07) is 23.9. The van der Waals surface area contributed by atoms with Gasteiger partial charge in [0.25, 0.3) is 0 Å². The van der Waals surface area contributed by atoms with E-state index in [0.29, 0.717) is 10.0 Å². The van der Waals surface area contributed by atoms with E-state index < -0.39 is 15.7 Å². The van der Waals surface area contributed by atoms with E-state index in [1.54, 1.807) is 19.4 Å². The van der Waals surface area contributed by atoms with E-state index in [1.807, 2.05) is 42.5 Å². The van der Waals surface area contributed by atoms with Crippen molar-refractivity contribution in [2.24, 2.45) is 0 Å². The van der Waals surface area contributed by atoms with Crippen molar-refractivity contribution in [3.05, 3.63) is 118 Å². The lowest BCUT2D eigenvalue weighted by molar-refractivity contribution is -1.92. The number of halogens is 3. The molecule has 3 aromatic carbocycles. The molecule has 0 saturated carbocycles. The van der Waals surface area contributed by atoms with Crippen LogP contribution in [0.3, 0.4) is 0 Å². The molecule has 0 aromatic heterocycles. The lowest BCUT2D eigenvalue weighted by atomic mass is 9.73. The van der Waals surface area contributed by atoms with Crippen LogP contribution in [0.15, 0.2) is 91.2 Å². The normalized spacial score (nSPS) is 17.4. The molecule has 4 rings (SSSR count). The number of rotatable bonds is 4. The molecular formula is C24H19Cl3O6. The van der Waals surface area contributed by atoms with Crippen LogP contribution in [0, 0.1) is 10.2 Å². The highest BCUT2D eigenvalue weighted by Gasteiger charge is 2.33. The molecule has 0 fully saturated rings. The van der Waals surface area contributed by atoms with E-state index in [9.17, 15) is 0 Å². The van der Waals surface area contributed by atoms with Crippen LogP contribution in [0.2, 0.25) is 10.0 Å². The van der Waals surface area contributed by atoms with Gasteiger partial charge in [-0.15, -0.1) is 0 Å². The van der Waals surface area contributed by atoms with Gasteiger partial charge in [-0.1, -0.05) is 65.7 Å². The molecule has 1 N–H and O–H groups in total. The summed E-state index contributed by atoms with van der Waals surface area (Å²) in [7, 11) is -3.03. The minimum atomic E-state index is -4.69. The van der Waals surface area contributed by atoms with Crippen LogP contribution < -0.4 is 18.7 Å². The lowest BCUT2D eigenvalue weighted by Crippen LogP contribution is -2.58. The first-order valence-corrected chi connectivity index (χ1v) is 11.5. The summed E-state index contributed by atoms with van der Waals surface area (Å²) in [5.74, 6) is 1.54. The van der Waals surface area contributed by atoms with E-state index >= 15 is 0 Å². The average Bonchev–Trinajstić information content (AvgIpc) is 2.80. The van der Waals surface area contributed by atoms with Crippen molar-refractivity contribution in [1.82, 2.24) is 0 Å². The van der Waals surface area contributed by atoms with E-state index in [2.05, 4.69) is 36.4 Å². The van der Waals surface area contributed by atoms with Crippen molar-refractivity contribution < 1.29 is 38.4 Å². The van der Waals surface area contributed by atoms with Crippen LogP contribution in [0.25, 0.3) is 5.76 Å². The fourth-order valence-electron chi connectivity index (χ4n) is 3.41. The van der Waals surface area contributed by atoms with Crippen molar-refractivity contribution in [3.63, 3.8) is 0 Å². The molecule has 1 aliphatic rings. The highest BCUT2D eigenvalue weighted by molar-refractivity contribution is 6.42. The third kappa shape index (κ3) is 6.50. The zero-order valence-electron chi connectivity index (χ0n) is 17.3. The number of allylic oxidation sites excluding steroid dienone is 2. The zero-order chi connectivity index (χ0) is 24.1. The zero-order valence-corrected chi connectivity index (χ0v) is 19.6. The highest BCUT2D eigenvalue weighted by Crippen LogP contribution is 2.41. The summed E-state index contributed by atoms with van der Waals surface area (Å²) in [5.41, 5.74) is 2.63. The first-order valence-electron chi connectivity index (χ1n) is 9.48. The largest absolute Gasteiger partial charge is 0.497 e. The molecule has 0 saturated heterocycles. The van der Waals surface area contributed by atoms with Crippen LogP contribution in [-0.2, 0) is 10.2 Å². The summed E-state index contributed by atoms with van der Waals surface area (Å²) >= 11 is 12.3. The second kappa shape index (κ2) is 10.6. The molecule has 1 heterocycles. The van der Waals surface area contributed by atoms with Crippen molar-refractivity contribution in [1.29, 1.82) is 0 Å². The average molecular weight is 510 g/mol. The second-order valence-electron chi connectivity index (χ2n) is 6.92. The van der Waals surface area contributed by atoms with Crippen molar-refractivity contribution in [3.8, 4) is 5.75 Å². The fraction of sp³-hybridized carbons (Fsp3) is 0.0833.